The van der Waals surface area contributed by atoms with Gasteiger partial charge in [-0.05, 0) is 37.8 Å². The van der Waals surface area contributed by atoms with Crippen molar-refractivity contribution in [3.63, 3.8) is 0 Å². The summed E-state index contributed by atoms with van der Waals surface area (Å²) < 4.78 is 5.02. The predicted octanol–water partition coefficient (Wildman–Crippen LogP) is 4.74. The molecule has 0 radical (unpaired) electrons. The number of rotatable bonds is 3. The van der Waals surface area contributed by atoms with Crippen molar-refractivity contribution < 1.29 is 4.74 Å². The minimum Gasteiger partial charge on any atom is -0.473 e. The third kappa shape index (κ3) is 5.26. The molecule has 1 heteroatoms. The quantitative estimate of drug-likeness (QED) is 0.606. The summed E-state index contributed by atoms with van der Waals surface area (Å²) in [6, 6.07) is 0. The molecule has 0 saturated carbocycles. The van der Waals surface area contributed by atoms with Crippen molar-refractivity contribution in [1.29, 1.82) is 0 Å². The van der Waals surface area contributed by atoms with Crippen LogP contribution in [0.1, 0.15) is 40.5 Å². The standard InChI is InChI=1S/C12H16O.C2H6/c1-4-13-9-11(3)12-7-5-10(2)6-8-12;1-2/h4-5,7,9H,1,6,8H2,2-3H3;1-2H3/b11-9+;. The monoisotopic (exact) mass is 206 g/mol. The number of allylic oxidation sites excluding steroid dienone is 5. The molecule has 1 aliphatic carbocycles. The summed E-state index contributed by atoms with van der Waals surface area (Å²) in [7, 11) is 0. The van der Waals surface area contributed by atoms with Crippen molar-refractivity contribution in [1.82, 2.24) is 0 Å². The van der Waals surface area contributed by atoms with Crippen molar-refractivity contribution in [3.8, 4) is 0 Å². The molecule has 0 amide bonds. The number of hydrogen-bond acceptors (Lipinski definition) is 1. The first-order valence-corrected chi connectivity index (χ1v) is 5.54. The first kappa shape index (κ1) is 13.8. The van der Waals surface area contributed by atoms with Gasteiger partial charge in [0.15, 0.2) is 0 Å². The lowest BCUT2D eigenvalue weighted by molar-refractivity contribution is 0.400. The van der Waals surface area contributed by atoms with Gasteiger partial charge in [0, 0.05) is 0 Å². The summed E-state index contributed by atoms with van der Waals surface area (Å²) in [5.74, 6) is 0. The Hall–Kier alpha value is -1.24. The Bertz CT molecular complexity index is 280. The molecule has 0 aliphatic heterocycles. The van der Waals surface area contributed by atoms with Crippen molar-refractivity contribution in [2.75, 3.05) is 0 Å². The molecule has 0 aromatic rings. The van der Waals surface area contributed by atoms with E-state index < -0.39 is 0 Å². The lowest BCUT2D eigenvalue weighted by Gasteiger charge is -2.11. The molecule has 0 N–H and O–H groups in total. The van der Waals surface area contributed by atoms with E-state index in [2.05, 4.69) is 32.6 Å². The average molecular weight is 206 g/mol. The van der Waals surface area contributed by atoms with Crippen LogP contribution in [0.15, 0.2) is 48.0 Å². The van der Waals surface area contributed by atoms with E-state index in [4.69, 9.17) is 4.74 Å². The molecule has 15 heavy (non-hydrogen) atoms. The molecular weight excluding hydrogens is 184 g/mol. The Morgan fingerprint density at radius 3 is 2.47 bits per heavy atom. The van der Waals surface area contributed by atoms with Gasteiger partial charge in [0.2, 0.25) is 0 Å². The largest absolute Gasteiger partial charge is 0.473 e. The van der Waals surface area contributed by atoms with Gasteiger partial charge in [-0.2, -0.15) is 0 Å². The molecule has 1 aliphatic rings. The highest BCUT2D eigenvalue weighted by Crippen LogP contribution is 2.23. The van der Waals surface area contributed by atoms with Gasteiger partial charge >= 0.3 is 0 Å². The van der Waals surface area contributed by atoms with E-state index in [1.807, 2.05) is 13.8 Å². The first-order valence-electron chi connectivity index (χ1n) is 5.54. The molecule has 0 bridgehead atoms. The van der Waals surface area contributed by atoms with E-state index in [-0.39, 0.29) is 0 Å². The lowest BCUT2D eigenvalue weighted by Crippen LogP contribution is -1.92. The van der Waals surface area contributed by atoms with Crippen LogP contribution < -0.4 is 0 Å². The fourth-order valence-corrected chi connectivity index (χ4v) is 1.30. The second kappa shape index (κ2) is 8.10. The van der Waals surface area contributed by atoms with Crippen molar-refractivity contribution in [2.24, 2.45) is 0 Å². The molecule has 1 rings (SSSR count). The SMILES string of the molecule is C=CO/C=C(\C)C1=CC=C(C)CC1.CC. The predicted molar refractivity (Wildman–Crippen MR) is 67.5 cm³/mol. The van der Waals surface area contributed by atoms with Gasteiger partial charge < -0.3 is 4.74 Å². The highest BCUT2D eigenvalue weighted by Gasteiger charge is 2.04. The highest BCUT2D eigenvalue weighted by atomic mass is 16.5. The van der Waals surface area contributed by atoms with Gasteiger partial charge in [-0.1, -0.05) is 38.2 Å². The Labute approximate surface area is 93.8 Å². The van der Waals surface area contributed by atoms with E-state index in [1.165, 1.54) is 23.0 Å². The van der Waals surface area contributed by atoms with E-state index in [9.17, 15) is 0 Å². The van der Waals surface area contributed by atoms with Crippen LogP contribution in [0, 0.1) is 0 Å². The molecule has 0 spiro atoms. The fourth-order valence-electron chi connectivity index (χ4n) is 1.30. The summed E-state index contributed by atoms with van der Waals surface area (Å²) in [4.78, 5) is 0. The third-order valence-electron chi connectivity index (χ3n) is 2.21. The number of hydrogen-bond donors (Lipinski definition) is 0. The smallest absolute Gasteiger partial charge is 0.0932 e. The minimum absolute atomic E-state index is 1.12. The highest BCUT2D eigenvalue weighted by molar-refractivity contribution is 5.35. The van der Waals surface area contributed by atoms with E-state index >= 15 is 0 Å². The van der Waals surface area contributed by atoms with Gasteiger partial charge in [0.25, 0.3) is 0 Å². The maximum absolute atomic E-state index is 5.02. The number of ether oxygens (including phenoxy) is 1. The normalized spacial score (nSPS) is 15.6. The maximum Gasteiger partial charge on any atom is 0.0932 e. The van der Waals surface area contributed by atoms with Crippen molar-refractivity contribution in [2.45, 2.75) is 40.5 Å². The molecule has 0 aromatic carbocycles. The summed E-state index contributed by atoms with van der Waals surface area (Å²) >= 11 is 0. The van der Waals surface area contributed by atoms with Gasteiger partial charge in [-0.15, -0.1) is 0 Å². The molecule has 0 fully saturated rings. The van der Waals surface area contributed by atoms with Crippen LogP contribution in [0.3, 0.4) is 0 Å². The fraction of sp³-hybridized carbons (Fsp3) is 0.429. The Balaban J connectivity index is 0.000000921. The molecular formula is C14H22O. The van der Waals surface area contributed by atoms with Crippen LogP contribution in [0.2, 0.25) is 0 Å². The summed E-state index contributed by atoms with van der Waals surface area (Å²) in [6.07, 6.45) is 9.79. The van der Waals surface area contributed by atoms with Crippen molar-refractivity contribution in [3.05, 3.63) is 48.0 Å². The molecule has 84 valence electrons. The summed E-state index contributed by atoms with van der Waals surface area (Å²) in [5.41, 5.74) is 3.98. The Morgan fingerprint density at radius 2 is 2.00 bits per heavy atom. The second-order valence-electron chi connectivity index (χ2n) is 3.31. The zero-order valence-electron chi connectivity index (χ0n) is 10.3. The zero-order chi connectivity index (χ0) is 11.7. The van der Waals surface area contributed by atoms with Crippen molar-refractivity contribution >= 4 is 0 Å². The van der Waals surface area contributed by atoms with Crippen LogP contribution in [0.25, 0.3) is 0 Å². The second-order valence-corrected chi connectivity index (χ2v) is 3.31. The minimum atomic E-state index is 1.12. The maximum atomic E-state index is 5.02. The third-order valence-corrected chi connectivity index (χ3v) is 2.21. The Morgan fingerprint density at radius 1 is 1.33 bits per heavy atom. The molecule has 1 nitrogen and oxygen atoms in total. The van der Waals surface area contributed by atoms with E-state index in [0.29, 0.717) is 0 Å². The molecule has 0 heterocycles. The molecule has 0 aromatic heterocycles. The average Bonchev–Trinajstić information content (AvgIpc) is 2.29. The molecule has 0 saturated heterocycles. The van der Waals surface area contributed by atoms with E-state index in [0.717, 1.165) is 12.8 Å². The van der Waals surface area contributed by atoms with Crippen LogP contribution in [0.5, 0.6) is 0 Å². The van der Waals surface area contributed by atoms with Crippen LogP contribution in [0.4, 0.5) is 0 Å². The summed E-state index contributed by atoms with van der Waals surface area (Å²) in [5, 5.41) is 0. The molecule has 0 atom stereocenters. The van der Waals surface area contributed by atoms with Crippen LogP contribution >= 0.6 is 0 Å². The van der Waals surface area contributed by atoms with Gasteiger partial charge in [0.05, 0.1) is 12.5 Å². The van der Waals surface area contributed by atoms with Crippen LogP contribution in [-0.4, -0.2) is 0 Å². The Kier molecular flexibility index (Phi) is 7.43. The lowest BCUT2D eigenvalue weighted by atomic mass is 9.95. The van der Waals surface area contributed by atoms with Gasteiger partial charge in [-0.25, -0.2) is 0 Å². The van der Waals surface area contributed by atoms with Gasteiger partial charge in [0.1, 0.15) is 0 Å². The topological polar surface area (TPSA) is 9.23 Å². The zero-order valence-corrected chi connectivity index (χ0v) is 10.3. The van der Waals surface area contributed by atoms with Gasteiger partial charge in [-0.3, -0.25) is 0 Å². The molecule has 0 unspecified atom stereocenters. The first-order chi connectivity index (χ1) is 7.24. The summed E-state index contributed by atoms with van der Waals surface area (Å²) in [6.45, 7) is 11.7. The van der Waals surface area contributed by atoms with Crippen LogP contribution in [-0.2, 0) is 4.74 Å². The van der Waals surface area contributed by atoms with E-state index in [1.54, 1.807) is 6.26 Å².